The van der Waals surface area contributed by atoms with E-state index in [0.717, 1.165) is 22.3 Å². The van der Waals surface area contributed by atoms with Crippen LogP contribution in [0, 0.1) is 5.82 Å². The SMILES string of the molecule is CC(NC(=O)C=Cc1ccc(F)cc1)c1cccc(-c2ccc(Cl)nc2)c1. The molecule has 0 radical (unpaired) electrons. The fraction of sp³-hybridized carbons (Fsp3) is 0.0909. The third kappa shape index (κ3) is 5.25. The Morgan fingerprint density at radius 2 is 1.89 bits per heavy atom. The normalized spacial score (nSPS) is 12.1. The van der Waals surface area contributed by atoms with Gasteiger partial charge in [-0.25, -0.2) is 9.37 Å². The van der Waals surface area contributed by atoms with Crippen molar-refractivity contribution in [3.63, 3.8) is 0 Å². The van der Waals surface area contributed by atoms with Crippen LogP contribution in [0.4, 0.5) is 4.39 Å². The van der Waals surface area contributed by atoms with Crippen LogP contribution in [0.3, 0.4) is 0 Å². The summed E-state index contributed by atoms with van der Waals surface area (Å²) >= 11 is 5.84. The van der Waals surface area contributed by atoms with Gasteiger partial charge >= 0.3 is 0 Å². The van der Waals surface area contributed by atoms with Gasteiger partial charge < -0.3 is 5.32 Å². The fourth-order valence-corrected chi connectivity index (χ4v) is 2.74. The highest BCUT2D eigenvalue weighted by Gasteiger charge is 2.09. The summed E-state index contributed by atoms with van der Waals surface area (Å²) < 4.78 is 12.9. The summed E-state index contributed by atoms with van der Waals surface area (Å²) in [5.74, 6) is -0.522. The summed E-state index contributed by atoms with van der Waals surface area (Å²) in [4.78, 5) is 16.3. The number of amides is 1. The Balaban J connectivity index is 1.67. The molecule has 1 unspecified atom stereocenters. The summed E-state index contributed by atoms with van der Waals surface area (Å²) in [6.07, 6.45) is 4.81. The van der Waals surface area contributed by atoms with Crippen molar-refractivity contribution in [2.45, 2.75) is 13.0 Å². The van der Waals surface area contributed by atoms with Crippen molar-refractivity contribution in [2.75, 3.05) is 0 Å². The Labute approximate surface area is 162 Å². The highest BCUT2D eigenvalue weighted by molar-refractivity contribution is 6.29. The number of hydrogen-bond donors (Lipinski definition) is 1. The average molecular weight is 381 g/mol. The van der Waals surface area contributed by atoms with Crippen molar-refractivity contribution in [1.29, 1.82) is 0 Å². The Morgan fingerprint density at radius 1 is 1.11 bits per heavy atom. The van der Waals surface area contributed by atoms with Crippen molar-refractivity contribution < 1.29 is 9.18 Å². The van der Waals surface area contributed by atoms with Gasteiger partial charge in [-0.3, -0.25) is 4.79 Å². The molecule has 0 saturated heterocycles. The minimum atomic E-state index is -0.305. The lowest BCUT2D eigenvalue weighted by Gasteiger charge is -2.14. The van der Waals surface area contributed by atoms with Crippen LogP contribution in [-0.2, 0) is 4.79 Å². The van der Waals surface area contributed by atoms with E-state index in [1.54, 1.807) is 30.5 Å². The minimum absolute atomic E-state index is 0.171. The molecule has 0 aliphatic heterocycles. The Bertz CT molecular complexity index is 953. The maximum Gasteiger partial charge on any atom is 0.244 e. The van der Waals surface area contributed by atoms with E-state index in [1.807, 2.05) is 37.3 Å². The van der Waals surface area contributed by atoms with Gasteiger partial charge in [0.05, 0.1) is 6.04 Å². The van der Waals surface area contributed by atoms with Crippen LogP contribution in [0.1, 0.15) is 24.1 Å². The van der Waals surface area contributed by atoms with Crippen molar-refractivity contribution in [1.82, 2.24) is 10.3 Å². The van der Waals surface area contributed by atoms with E-state index in [-0.39, 0.29) is 17.8 Å². The zero-order valence-electron chi connectivity index (χ0n) is 14.7. The molecule has 3 nitrogen and oxygen atoms in total. The van der Waals surface area contributed by atoms with Crippen LogP contribution < -0.4 is 5.32 Å². The molecule has 0 spiro atoms. The van der Waals surface area contributed by atoms with Gasteiger partial charge in [0.2, 0.25) is 5.91 Å². The van der Waals surface area contributed by atoms with Crippen molar-refractivity contribution in [2.24, 2.45) is 0 Å². The summed E-state index contributed by atoms with van der Waals surface area (Å²) in [6, 6.07) is 17.3. The van der Waals surface area contributed by atoms with Gasteiger partial charge in [-0.2, -0.15) is 0 Å². The molecule has 27 heavy (non-hydrogen) atoms. The first kappa shape index (κ1) is 18.8. The van der Waals surface area contributed by atoms with Crippen molar-refractivity contribution in [3.8, 4) is 11.1 Å². The van der Waals surface area contributed by atoms with Gasteiger partial charge in [-0.15, -0.1) is 0 Å². The van der Waals surface area contributed by atoms with Gasteiger partial charge in [0.25, 0.3) is 0 Å². The number of halogens is 2. The molecule has 2 aromatic carbocycles. The molecule has 1 amide bonds. The van der Waals surface area contributed by atoms with Crippen LogP contribution >= 0.6 is 11.6 Å². The number of rotatable bonds is 5. The van der Waals surface area contributed by atoms with Crippen molar-refractivity contribution in [3.05, 3.63) is 95.0 Å². The van der Waals surface area contributed by atoms with Gasteiger partial charge in [0, 0.05) is 17.8 Å². The first-order valence-corrected chi connectivity index (χ1v) is 8.85. The Hall–Kier alpha value is -2.98. The predicted molar refractivity (Wildman–Crippen MR) is 107 cm³/mol. The quantitative estimate of drug-likeness (QED) is 0.473. The molecule has 0 fully saturated rings. The molecule has 0 aliphatic rings. The first-order chi connectivity index (χ1) is 13.0. The van der Waals surface area contributed by atoms with Crippen molar-refractivity contribution >= 4 is 23.6 Å². The highest BCUT2D eigenvalue weighted by atomic mass is 35.5. The number of benzene rings is 2. The van der Waals surface area contributed by atoms with E-state index in [2.05, 4.69) is 10.3 Å². The lowest BCUT2D eigenvalue weighted by atomic mass is 10.0. The van der Waals surface area contributed by atoms with Crippen LogP contribution in [0.25, 0.3) is 17.2 Å². The first-order valence-electron chi connectivity index (χ1n) is 8.47. The second kappa shape index (κ2) is 8.60. The number of pyridine rings is 1. The van der Waals surface area contributed by atoms with E-state index in [4.69, 9.17) is 11.6 Å². The van der Waals surface area contributed by atoms with Gasteiger partial charge in [-0.05, 0) is 60.0 Å². The summed E-state index contributed by atoms with van der Waals surface area (Å²) in [5.41, 5.74) is 3.69. The Morgan fingerprint density at radius 3 is 2.59 bits per heavy atom. The largest absolute Gasteiger partial charge is 0.346 e. The van der Waals surface area contributed by atoms with E-state index in [0.29, 0.717) is 5.15 Å². The van der Waals surface area contributed by atoms with E-state index < -0.39 is 0 Å². The smallest absolute Gasteiger partial charge is 0.244 e. The zero-order chi connectivity index (χ0) is 19.2. The summed E-state index contributed by atoms with van der Waals surface area (Å²) in [5, 5.41) is 3.38. The second-order valence-corrected chi connectivity index (χ2v) is 6.50. The van der Waals surface area contributed by atoms with Crippen LogP contribution in [0.2, 0.25) is 5.15 Å². The number of nitrogens with zero attached hydrogens (tertiary/aromatic N) is 1. The lowest BCUT2D eigenvalue weighted by Crippen LogP contribution is -2.24. The molecule has 1 atom stereocenters. The highest BCUT2D eigenvalue weighted by Crippen LogP contribution is 2.23. The number of carbonyl (C=O) groups excluding carboxylic acids is 1. The molecule has 0 aliphatic carbocycles. The van der Waals surface area contributed by atoms with E-state index in [9.17, 15) is 9.18 Å². The van der Waals surface area contributed by atoms with Crippen LogP contribution in [-0.4, -0.2) is 10.9 Å². The number of carbonyl (C=O) groups is 1. The minimum Gasteiger partial charge on any atom is -0.346 e. The molecule has 5 heteroatoms. The molecular formula is C22H18ClFN2O. The zero-order valence-corrected chi connectivity index (χ0v) is 15.5. The second-order valence-electron chi connectivity index (χ2n) is 6.11. The van der Waals surface area contributed by atoms with E-state index >= 15 is 0 Å². The number of aromatic nitrogens is 1. The van der Waals surface area contributed by atoms with Gasteiger partial charge in [-0.1, -0.05) is 41.9 Å². The van der Waals surface area contributed by atoms with Gasteiger partial charge in [0.15, 0.2) is 0 Å². The standard InChI is InChI=1S/C22H18ClFN2O/c1-15(26-22(27)12-7-16-5-9-20(24)10-6-16)17-3-2-4-18(13-17)19-8-11-21(23)25-14-19/h2-15H,1H3,(H,26,27). The summed E-state index contributed by atoms with van der Waals surface area (Å²) in [6.45, 7) is 1.92. The molecule has 0 saturated carbocycles. The Kier molecular flexibility index (Phi) is 5.99. The third-order valence-corrected chi connectivity index (χ3v) is 4.33. The third-order valence-electron chi connectivity index (χ3n) is 4.10. The number of nitrogens with one attached hydrogen (secondary N) is 1. The molecule has 1 heterocycles. The average Bonchev–Trinajstić information content (AvgIpc) is 2.68. The van der Waals surface area contributed by atoms with Crippen LogP contribution in [0.5, 0.6) is 0 Å². The molecule has 136 valence electrons. The monoisotopic (exact) mass is 380 g/mol. The topological polar surface area (TPSA) is 42.0 Å². The molecule has 1 aromatic heterocycles. The number of hydrogen-bond acceptors (Lipinski definition) is 2. The molecule has 3 rings (SSSR count). The maximum absolute atomic E-state index is 12.9. The molecular weight excluding hydrogens is 363 g/mol. The predicted octanol–water partition coefficient (Wildman–Crippen LogP) is 5.43. The fourth-order valence-electron chi connectivity index (χ4n) is 2.62. The molecule has 3 aromatic rings. The van der Waals surface area contributed by atoms with E-state index in [1.165, 1.54) is 18.2 Å². The maximum atomic E-state index is 12.9. The molecule has 1 N–H and O–H groups in total. The van der Waals surface area contributed by atoms with Crippen LogP contribution in [0.15, 0.2) is 72.9 Å². The molecule has 0 bridgehead atoms. The summed E-state index contributed by atoms with van der Waals surface area (Å²) in [7, 11) is 0. The lowest BCUT2D eigenvalue weighted by molar-refractivity contribution is -0.117. The van der Waals surface area contributed by atoms with Gasteiger partial charge in [0.1, 0.15) is 11.0 Å².